The number of carbonyl (C=O) groups is 2. The second-order valence-electron chi connectivity index (χ2n) is 4.64. The lowest BCUT2D eigenvalue weighted by molar-refractivity contribution is -0.199. The summed E-state index contributed by atoms with van der Waals surface area (Å²) in [5.74, 6) is -3.87. The highest BCUT2D eigenvalue weighted by atomic mass is 16.8. The maximum atomic E-state index is 11.9. The van der Waals surface area contributed by atoms with Gasteiger partial charge in [-0.25, -0.2) is 9.59 Å². The normalized spacial score (nSPS) is 16.2. The van der Waals surface area contributed by atoms with E-state index in [0.717, 1.165) is 19.8 Å². The molecule has 7 nitrogen and oxygen atoms in total. The minimum atomic E-state index is -2.28. The van der Waals surface area contributed by atoms with Gasteiger partial charge < -0.3 is 24.1 Å². The number of hydrogen-bond donors (Lipinski definition) is 1. The first-order chi connectivity index (χ1) is 9.92. The number of hydrogen-bond acceptors (Lipinski definition) is 7. The molecular weight excluding hydrogens is 280 g/mol. The predicted molar refractivity (Wildman–Crippen MR) is 69.8 cm³/mol. The Morgan fingerprint density at radius 1 is 1.19 bits per heavy atom. The average Bonchev–Trinajstić information content (AvgIpc) is 2.84. The number of aliphatic hydroxyl groups excluding tert-OH is 1. The fraction of sp³-hybridized carbons (Fsp3) is 0.429. The molecule has 1 aromatic carbocycles. The van der Waals surface area contributed by atoms with E-state index in [1.807, 2.05) is 0 Å². The minimum absolute atomic E-state index is 0.212. The Balaban J connectivity index is 2.35. The van der Waals surface area contributed by atoms with Crippen LogP contribution in [0.1, 0.15) is 12.5 Å². The molecule has 0 unspecified atom stereocenters. The molecule has 0 aliphatic carbocycles. The molecule has 0 aromatic heterocycles. The fourth-order valence-corrected chi connectivity index (χ4v) is 2.03. The molecule has 2 rings (SSSR count). The molecule has 0 bridgehead atoms. The maximum Gasteiger partial charge on any atom is 0.453 e. The summed E-state index contributed by atoms with van der Waals surface area (Å²) >= 11 is 0. The first-order valence-corrected chi connectivity index (χ1v) is 6.28. The molecule has 1 aromatic rings. The Hall–Kier alpha value is -2.28. The number of aliphatic hydroxyl groups is 1. The number of benzene rings is 1. The van der Waals surface area contributed by atoms with Crippen molar-refractivity contribution < 1.29 is 33.6 Å². The maximum absolute atomic E-state index is 11.9. The molecule has 0 saturated carbocycles. The van der Waals surface area contributed by atoms with Gasteiger partial charge in [-0.2, -0.15) is 0 Å². The molecule has 0 radical (unpaired) electrons. The molecular formula is C14H16O7. The Morgan fingerprint density at radius 2 is 1.76 bits per heavy atom. The number of carbonyl (C=O) groups excluding carboxylic acids is 2. The lowest BCUT2D eigenvalue weighted by atomic mass is 10.1. The summed E-state index contributed by atoms with van der Waals surface area (Å²) in [6.45, 7) is 1.65. The molecule has 114 valence electrons. The Bertz CT molecular complexity index is 548. The van der Waals surface area contributed by atoms with Gasteiger partial charge in [0, 0.05) is 0 Å². The van der Waals surface area contributed by atoms with E-state index in [9.17, 15) is 14.7 Å². The van der Waals surface area contributed by atoms with Crippen molar-refractivity contribution >= 4 is 11.9 Å². The third-order valence-electron chi connectivity index (χ3n) is 2.95. The molecule has 1 atom stereocenters. The van der Waals surface area contributed by atoms with Gasteiger partial charge >= 0.3 is 17.7 Å². The van der Waals surface area contributed by atoms with Crippen molar-refractivity contribution in [2.75, 3.05) is 14.2 Å². The summed E-state index contributed by atoms with van der Waals surface area (Å²) in [6, 6.07) is 4.86. The standard InChI is InChI=1S/C14H16O7/c1-8(15)6-9-4-5-10-11(7-9)21-14(20-10,12(16)18-2)13(17)19-3/h4-5,7-8,15H,6H2,1-3H3/t8-/m1/s1. The van der Waals surface area contributed by atoms with Crippen LogP contribution in [-0.2, 0) is 25.5 Å². The molecule has 0 spiro atoms. The zero-order chi connectivity index (χ0) is 15.6. The van der Waals surface area contributed by atoms with Gasteiger partial charge in [-0.15, -0.1) is 0 Å². The van der Waals surface area contributed by atoms with Gasteiger partial charge in [0.2, 0.25) is 0 Å². The number of esters is 2. The minimum Gasteiger partial charge on any atom is -0.463 e. The summed E-state index contributed by atoms with van der Waals surface area (Å²) < 4.78 is 19.8. The van der Waals surface area contributed by atoms with E-state index in [-0.39, 0.29) is 11.5 Å². The molecule has 1 N–H and O–H groups in total. The van der Waals surface area contributed by atoms with E-state index in [4.69, 9.17) is 9.47 Å². The fourth-order valence-electron chi connectivity index (χ4n) is 2.03. The van der Waals surface area contributed by atoms with Crippen molar-refractivity contribution in [1.82, 2.24) is 0 Å². The van der Waals surface area contributed by atoms with Gasteiger partial charge in [0.15, 0.2) is 11.5 Å². The van der Waals surface area contributed by atoms with Crippen LogP contribution < -0.4 is 9.47 Å². The van der Waals surface area contributed by atoms with Crippen molar-refractivity contribution in [2.24, 2.45) is 0 Å². The van der Waals surface area contributed by atoms with Crippen LogP contribution in [0.15, 0.2) is 18.2 Å². The molecule has 21 heavy (non-hydrogen) atoms. The van der Waals surface area contributed by atoms with Crippen LogP contribution in [0.4, 0.5) is 0 Å². The van der Waals surface area contributed by atoms with E-state index in [1.165, 1.54) is 0 Å². The molecule has 1 aliphatic rings. The summed E-state index contributed by atoms with van der Waals surface area (Å²) in [5, 5.41) is 9.39. The largest absolute Gasteiger partial charge is 0.463 e. The lowest BCUT2D eigenvalue weighted by Crippen LogP contribution is -2.55. The monoisotopic (exact) mass is 296 g/mol. The van der Waals surface area contributed by atoms with Crippen LogP contribution in [-0.4, -0.2) is 43.2 Å². The summed E-state index contributed by atoms with van der Waals surface area (Å²) in [4.78, 5) is 23.7. The van der Waals surface area contributed by atoms with Gasteiger partial charge in [-0.1, -0.05) is 6.07 Å². The Kier molecular flexibility index (Phi) is 4.04. The second-order valence-corrected chi connectivity index (χ2v) is 4.64. The van der Waals surface area contributed by atoms with E-state index >= 15 is 0 Å². The SMILES string of the molecule is COC(=O)C1(C(=O)OC)Oc2ccc(C[C@@H](C)O)cc2O1. The van der Waals surface area contributed by atoms with Crippen LogP contribution in [0.25, 0.3) is 0 Å². The highest BCUT2D eigenvalue weighted by Gasteiger charge is 2.59. The lowest BCUT2D eigenvalue weighted by Gasteiger charge is -2.21. The van der Waals surface area contributed by atoms with Gasteiger partial charge in [0.05, 0.1) is 20.3 Å². The first-order valence-electron chi connectivity index (χ1n) is 6.28. The zero-order valence-electron chi connectivity index (χ0n) is 11.9. The van der Waals surface area contributed by atoms with E-state index < -0.39 is 23.8 Å². The third kappa shape index (κ3) is 2.64. The third-order valence-corrected chi connectivity index (χ3v) is 2.95. The van der Waals surface area contributed by atoms with Crippen molar-refractivity contribution in [3.8, 4) is 11.5 Å². The highest BCUT2D eigenvalue weighted by molar-refractivity contribution is 6.03. The predicted octanol–water partition coefficient (Wildman–Crippen LogP) is 0.423. The average molecular weight is 296 g/mol. The van der Waals surface area contributed by atoms with Crippen molar-refractivity contribution in [3.63, 3.8) is 0 Å². The van der Waals surface area contributed by atoms with Gasteiger partial charge in [-0.05, 0) is 31.0 Å². The molecule has 0 amide bonds. The number of methoxy groups -OCH3 is 2. The Labute approximate surface area is 121 Å². The van der Waals surface area contributed by atoms with Gasteiger partial charge in [0.1, 0.15) is 0 Å². The van der Waals surface area contributed by atoms with Crippen LogP contribution in [0.5, 0.6) is 11.5 Å². The number of rotatable bonds is 4. The molecule has 7 heteroatoms. The molecule has 0 fully saturated rings. The van der Waals surface area contributed by atoms with Crippen LogP contribution in [0.3, 0.4) is 0 Å². The topological polar surface area (TPSA) is 91.3 Å². The van der Waals surface area contributed by atoms with Crippen LogP contribution in [0.2, 0.25) is 0 Å². The van der Waals surface area contributed by atoms with Gasteiger partial charge in [-0.3, -0.25) is 0 Å². The van der Waals surface area contributed by atoms with Crippen LogP contribution >= 0.6 is 0 Å². The molecule has 0 saturated heterocycles. The number of ether oxygens (including phenoxy) is 4. The summed E-state index contributed by atoms with van der Waals surface area (Å²) in [6.07, 6.45) is -0.128. The highest BCUT2D eigenvalue weighted by Crippen LogP contribution is 2.41. The van der Waals surface area contributed by atoms with Gasteiger partial charge in [0.25, 0.3) is 0 Å². The smallest absolute Gasteiger partial charge is 0.453 e. The van der Waals surface area contributed by atoms with E-state index in [1.54, 1.807) is 25.1 Å². The van der Waals surface area contributed by atoms with Crippen molar-refractivity contribution in [3.05, 3.63) is 23.8 Å². The van der Waals surface area contributed by atoms with Crippen LogP contribution in [0, 0.1) is 0 Å². The Morgan fingerprint density at radius 3 is 2.29 bits per heavy atom. The second kappa shape index (κ2) is 5.61. The van der Waals surface area contributed by atoms with E-state index in [0.29, 0.717) is 6.42 Å². The van der Waals surface area contributed by atoms with Crippen molar-refractivity contribution in [1.29, 1.82) is 0 Å². The number of fused-ring (bicyclic) bond motifs is 1. The molecule has 1 aliphatic heterocycles. The zero-order valence-corrected chi connectivity index (χ0v) is 11.9. The quantitative estimate of drug-likeness (QED) is 0.636. The van der Waals surface area contributed by atoms with Crippen molar-refractivity contribution in [2.45, 2.75) is 25.2 Å². The molecule has 1 heterocycles. The summed E-state index contributed by atoms with van der Waals surface area (Å²) in [7, 11) is 2.23. The van der Waals surface area contributed by atoms with E-state index in [2.05, 4.69) is 9.47 Å². The summed E-state index contributed by atoms with van der Waals surface area (Å²) in [5.41, 5.74) is 0.776. The first kappa shape index (κ1) is 15.1.